The van der Waals surface area contributed by atoms with Gasteiger partial charge in [-0.15, -0.1) is 11.3 Å². The number of hydrogen-bond acceptors (Lipinski definition) is 3. The Hall–Kier alpha value is -2.59. The molecule has 3 rings (SSSR count). The number of ether oxygens (including phenoxy) is 1. The number of rotatable bonds is 8. The van der Waals surface area contributed by atoms with Gasteiger partial charge in [0.25, 0.3) is 0 Å². The topological polar surface area (TPSA) is 46.5 Å². The Morgan fingerprint density at radius 2 is 1.73 bits per heavy atom. The molecule has 4 heteroatoms. The van der Waals surface area contributed by atoms with E-state index in [9.17, 15) is 4.79 Å². The van der Waals surface area contributed by atoms with Crippen LogP contribution in [-0.4, -0.2) is 11.1 Å². The second-order valence-electron chi connectivity index (χ2n) is 6.30. The third-order valence-electron chi connectivity index (χ3n) is 4.22. The summed E-state index contributed by atoms with van der Waals surface area (Å²) in [6.45, 7) is 2.69. The normalized spacial score (nSPS) is 10.7. The Morgan fingerprint density at radius 1 is 1.00 bits per heavy atom. The first-order chi connectivity index (χ1) is 12.6. The van der Waals surface area contributed by atoms with E-state index < -0.39 is 5.97 Å². The summed E-state index contributed by atoms with van der Waals surface area (Å²) in [6.07, 6.45) is 2.88. The Morgan fingerprint density at radius 3 is 2.42 bits per heavy atom. The van der Waals surface area contributed by atoms with E-state index in [1.807, 2.05) is 30.3 Å². The van der Waals surface area contributed by atoms with Crippen LogP contribution in [0.3, 0.4) is 0 Å². The van der Waals surface area contributed by atoms with Gasteiger partial charge in [-0.05, 0) is 55.5 Å². The van der Waals surface area contributed by atoms with Gasteiger partial charge in [-0.2, -0.15) is 0 Å². The standard InChI is InChI=1S/C22H22O3S/c1-16-14-20(22(26-16)25-15-18-6-3-2-4-7-18)9-5-8-17-10-12-19(13-11-17)21(23)24/h2-4,6-7,10-14H,5,8-9,15H2,1H3,(H,23,24). The van der Waals surface area contributed by atoms with Gasteiger partial charge in [0.2, 0.25) is 0 Å². The van der Waals surface area contributed by atoms with Gasteiger partial charge in [0.15, 0.2) is 5.06 Å². The van der Waals surface area contributed by atoms with Crippen LogP contribution < -0.4 is 4.74 Å². The predicted molar refractivity (Wildman–Crippen MR) is 105 cm³/mol. The smallest absolute Gasteiger partial charge is 0.335 e. The fourth-order valence-corrected chi connectivity index (χ4v) is 3.77. The summed E-state index contributed by atoms with van der Waals surface area (Å²) >= 11 is 1.70. The van der Waals surface area contributed by atoms with Crippen molar-refractivity contribution >= 4 is 17.3 Å². The van der Waals surface area contributed by atoms with Gasteiger partial charge < -0.3 is 9.84 Å². The van der Waals surface area contributed by atoms with Crippen molar-refractivity contribution < 1.29 is 14.6 Å². The Balaban J connectivity index is 1.55. The number of benzene rings is 2. The largest absolute Gasteiger partial charge is 0.479 e. The molecule has 0 fully saturated rings. The molecule has 3 nitrogen and oxygen atoms in total. The predicted octanol–water partition coefficient (Wildman–Crippen LogP) is 5.51. The Bertz CT molecular complexity index is 851. The minimum atomic E-state index is -0.884. The summed E-state index contributed by atoms with van der Waals surface area (Å²) < 4.78 is 6.04. The number of carbonyl (C=O) groups is 1. The lowest BCUT2D eigenvalue weighted by Gasteiger charge is -2.07. The SMILES string of the molecule is Cc1cc(CCCc2ccc(C(=O)O)cc2)c(OCc2ccccc2)s1. The molecule has 0 amide bonds. The van der Waals surface area contributed by atoms with Gasteiger partial charge in [0, 0.05) is 10.4 Å². The lowest BCUT2D eigenvalue weighted by atomic mass is 10.0. The zero-order valence-corrected chi connectivity index (χ0v) is 15.6. The number of hydrogen-bond donors (Lipinski definition) is 1. The van der Waals surface area contributed by atoms with Crippen molar-refractivity contribution in [3.05, 3.63) is 87.8 Å². The van der Waals surface area contributed by atoms with Crippen LogP contribution in [0.2, 0.25) is 0 Å². The van der Waals surface area contributed by atoms with Crippen LogP contribution in [0.4, 0.5) is 0 Å². The molecule has 0 aliphatic rings. The molecule has 0 saturated carbocycles. The minimum Gasteiger partial charge on any atom is -0.479 e. The van der Waals surface area contributed by atoms with Gasteiger partial charge >= 0.3 is 5.97 Å². The lowest BCUT2D eigenvalue weighted by Crippen LogP contribution is -1.98. The van der Waals surface area contributed by atoms with Crippen LogP contribution >= 0.6 is 11.3 Å². The molecule has 1 N–H and O–H groups in total. The summed E-state index contributed by atoms with van der Waals surface area (Å²) in [6, 6.07) is 19.5. The first kappa shape index (κ1) is 18.2. The molecular formula is C22H22O3S. The van der Waals surface area contributed by atoms with E-state index in [-0.39, 0.29) is 0 Å². The van der Waals surface area contributed by atoms with Crippen LogP contribution in [0.25, 0.3) is 0 Å². The van der Waals surface area contributed by atoms with Crippen LogP contribution in [0, 0.1) is 6.92 Å². The van der Waals surface area contributed by atoms with E-state index in [0.717, 1.165) is 29.9 Å². The first-order valence-corrected chi connectivity index (χ1v) is 9.52. The Kier molecular flexibility index (Phi) is 6.08. The zero-order chi connectivity index (χ0) is 18.4. The number of carboxylic acid groups (broad SMARTS) is 1. The molecule has 1 heterocycles. The summed E-state index contributed by atoms with van der Waals surface area (Å²) in [7, 11) is 0. The van der Waals surface area contributed by atoms with E-state index in [0.29, 0.717) is 12.2 Å². The van der Waals surface area contributed by atoms with Crippen LogP contribution in [0.5, 0.6) is 5.06 Å². The highest BCUT2D eigenvalue weighted by Crippen LogP contribution is 2.32. The maximum atomic E-state index is 10.9. The highest BCUT2D eigenvalue weighted by Gasteiger charge is 2.09. The van der Waals surface area contributed by atoms with Crippen molar-refractivity contribution in [3.8, 4) is 5.06 Å². The summed E-state index contributed by atoms with van der Waals surface area (Å²) in [4.78, 5) is 12.2. The molecule has 0 spiro atoms. The van der Waals surface area contributed by atoms with Gasteiger partial charge in [-0.25, -0.2) is 4.79 Å². The van der Waals surface area contributed by atoms with E-state index in [1.165, 1.54) is 16.0 Å². The molecule has 0 unspecified atom stereocenters. The number of carboxylic acids is 1. The van der Waals surface area contributed by atoms with Crippen molar-refractivity contribution in [3.63, 3.8) is 0 Å². The summed E-state index contributed by atoms with van der Waals surface area (Å²) in [5.74, 6) is -0.884. The minimum absolute atomic E-state index is 0.332. The van der Waals surface area contributed by atoms with Crippen LogP contribution in [0.1, 0.15) is 38.3 Å². The fourth-order valence-electron chi connectivity index (χ4n) is 2.86. The van der Waals surface area contributed by atoms with Gasteiger partial charge in [0.1, 0.15) is 6.61 Å². The summed E-state index contributed by atoms with van der Waals surface area (Å²) in [5.41, 5.74) is 3.92. The molecule has 0 aliphatic carbocycles. The van der Waals surface area contributed by atoms with E-state index in [1.54, 1.807) is 23.5 Å². The number of thiophene rings is 1. The third kappa shape index (κ3) is 4.96. The second kappa shape index (κ2) is 8.68. The molecule has 0 aliphatic heterocycles. The monoisotopic (exact) mass is 366 g/mol. The molecule has 0 atom stereocenters. The van der Waals surface area contributed by atoms with Crippen molar-refractivity contribution in [2.24, 2.45) is 0 Å². The fraction of sp³-hybridized carbons (Fsp3) is 0.227. The van der Waals surface area contributed by atoms with Crippen LogP contribution in [-0.2, 0) is 19.4 Å². The van der Waals surface area contributed by atoms with Crippen molar-refractivity contribution in [1.82, 2.24) is 0 Å². The molecule has 0 bridgehead atoms. The molecule has 1 aromatic heterocycles. The molecule has 134 valence electrons. The van der Waals surface area contributed by atoms with Gasteiger partial charge in [-0.3, -0.25) is 0 Å². The molecule has 26 heavy (non-hydrogen) atoms. The van der Waals surface area contributed by atoms with Gasteiger partial charge in [-0.1, -0.05) is 42.5 Å². The van der Waals surface area contributed by atoms with E-state index in [4.69, 9.17) is 9.84 Å². The van der Waals surface area contributed by atoms with E-state index >= 15 is 0 Å². The van der Waals surface area contributed by atoms with Crippen molar-refractivity contribution in [2.45, 2.75) is 32.8 Å². The lowest BCUT2D eigenvalue weighted by molar-refractivity contribution is 0.0697. The van der Waals surface area contributed by atoms with Crippen molar-refractivity contribution in [1.29, 1.82) is 0 Å². The molecule has 3 aromatic rings. The quantitative estimate of drug-likeness (QED) is 0.572. The van der Waals surface area contributed by atoms with Crippen molar-refractivity contribution in [2.75, 3.05) is 0 Å². The average molecular weight is 366 g/mol. The highest BCUT2D eigenvalue weighted by atomic mass is 32.1. The maximum absolute atomic E-state index is 10.9. The van der Waals surface area contributed by atoms with Crippen LogP contribution in [0.15, 0.2) is 60.7 Å². The first-order valence-electron chi connectivity index (χ1n) is 8.70. The number of aromatic carboxylic acids is 1. The zero-order valence-electron chi connectivity index (χ0n) is 14.8. The third-order valence-corrected chi connectivity index (χ3v) is 5.22. The highest BCUT2D eigenvalue weighted by molar-refractivity contribution is 7.13. The average Bonchev–Trinajstić information content (AvgIpc) is 3.01. The molecule has 0 radical (unpaired) electrons. The Labute approximate surface area is 157 Å². The van der Waals surface area contributed by atoms with E-state index in [2.05, 4.69) is 25.1 Å². The molecule has 0 saturated heterocycles. The molecular weight excluding hydrogens is 344 g/mol. The second-order valence-corrected chi connectivity index (χ2v) is 7.52. The van der Waals surface area contributed by atoms with Gasteiger partial charge in [0.05, 0.1) is 5.56 Å². The molecule has 2 aromatic carbocycles. The maximum Gasteiger partial charge on any atom is 0.335 e. The summed E-state index contributed by atoms with van der Waals surface area (Å²) in [5, 5.41) is 9.96. The number of aryl methyl sites for hydroxylation is 3.